The molecule has 0 amide bonds. The number of hydrogen-bond donors (Lipinski definition) is 3. The van der Waals surface area contributed by atoms with Crippen LogP contribution in [0.15, 0.2) is 24.3 Å². The van der Waals surface area contributed by atoms with E-state index in [0.717, 1.165) is 11.3 Å². The van der Waals surface area contributed by atoms with Gasteiger partial charge < -0.3 is 15.5 Å². The Morgan fingerprint density at radius 1 is 1.31 bits per heavy atom. The fraction of sp³-hybridized carbons (Fsp3) is 0.538. The van der Waals surface area contributed by atoms with E-state index in [1.165, 1.54) is 0 Å². The van der Waals surface area contributed by atoms with Crippen LogP contribution in [-0.2, 0) is 0 Å². The smallest absolute Gasteiger partial charge is 0.0781 e. The summed E-state index contributed by atoms with van der Waals surface area (Å²) < 4.78 is 0. The predicted molar refractivity (Wildman–Crippen MR) is 66.4 cm³/mol. The van der Waals surface area contributed by atoms with Crippen LogP contribution in [0.2, 0.25) is 0 Å². The van der Waals surface area contributed by atoms with Gasteiger partial charge in [0.05, 0.1) is 6.10 Å². The highest BCUT2D eigenvalue weighted by Gasteiger charge is 2.17. The first kappa shape index (κ1) is 13.0. The second-order valence-electron chi connectivity index (χ2n) is 4.94. The Labute approximate surface area is 97.1 Å². The molecule has 1 unspecified atom stereocenters. The number of hydrogen-bond acceptors (Lipinski definition) is 3. The summed E-state index contributed by atoms with van der Waals surface area (Å²) in [6.07, 6.45) is -0.485. The van der Waals surface area contributed by atoms with Gasteiger partial charge in [0.15, 0.2) is 0 Å². The lowest BCUT2D eigenvalue weighted by Crippen LogP contribution is -2.27. The van der Waals surface area contributed by atoms with E-state index in [4.69, 9.17) is 5.11 Å². The van der Waals surface area contributed by atoms with Gasteiger partial charge in [-0.1, -0.05) is 32.0 Å². The van der Waals surface area contributed by atoms with E-state index in [1.807, 2.05) is 38.1 Å². The maximum atomic E-state index is 9.60. The van der Waals surface area contributed by atoms with Gasteiger partial charge in [-0.15, -0.1) is 0 Å². The number of para-hydroxylation sites is 1. The minimum absolute atomic E-state index is 0.136. The highest BCUT2D eigenvalue weighted by Crippen LogP contribution is 2.24. The zero-order valence-corrected chi connectivity index (χ0v) is 10.2. The second kappa shape index (κ2) is 5.32. The van der Waals surface area contributed by atoms with Crippen LogP contribution in [0.1, 0.15) is 32.4 Å². The lowest BCUT2D eigenvalue weighted by atomic mass is 9.94. The van der Waals surface area contributed by atoms with Crippen molar-refractivity contribution in [1.29, 1.82) is 0 Å². The molecule has 0 saturated carbocycles. The maximum Gasteiger partial charge on any atom is 0.0781 e. The van der Waals surface area contributed by atoms with Crippen molar-refractivity contribution >= 4 is 5.69 Å². The lowest BCUT2D eigenvalue weighted by molar-refractivity contribution is 0.170. The van der Waals surface area contributed by atoms with Gasteiger partial charge in [0, 0.05) is 29.8 Å². The van der Waals surface area contributed by atoms with Crippen LogP contribution in [0.4, 0.5) is 5.69 Å². The van der Waals surface area contributed by atoms with Crippen LogP contribution in [0.5, 0.6) is 0 Å². The van der Waals surface area contributed by atoms with E-state index >= 15 is 0 Å². The van der Waals surface area contributed by atoms with Crippen LogP contribution < -0.4 is 5.32 Å². The van der Waals surface area contributed by atoms with E-state index in [1.54, 1.807) is 6.92 Å². The lowest BCUT2D eigenvalue weighted by Gasteiger charge is -2.24. The van der Waals surface area contributed by atoms with E-state index < -0.39 is 6.10 Å². The Morgan fingerprint density at radius 3 is 2.50 bits per heavy atom. The van der Waals surface area contributed by atoms with Crippen LogP contribution in [0.25, 0.3) is 0 Å². The van der Waals surface area contributed by atoms with Gasteiger partial charge in [-0.25, -0.2) is 0 Å². The first-order valence-corrected chi connectivity index (χ1v) is 5.58. The van der Waals surface area contributed by atoms with E-state index in [2.05, 4.69) is 5.32 Å². The number of aliphatic hydroxyl groups is 2. The molecule has 3 heteroatoms. The third-order valence-corrected chi connectivity index (χ3v) is 2.60. The molecule has 16 heavy (non-hydrogen) atoms. The van der Waals surface area contributed by atoms with Crippen molar-refractivity contribution in [2.24, 2.45) is 5.41 Å². The van der Waals surface area contributed by atoms with Crippen molar-refractivity contribution in [3.63, 3.8) is 0 Å². The molecule has 0 aliphatic carbocycles. The molecule has 1 aromatic rings. The Hall–Kier alpha value is -1.06. The van der Waals surface area contributed by atoms with E-state index in [-0.39, 0.29) is 12.0 Å². The van der Waals surface area contributed by atoms with E-state index in [0.29, 0.717) is 6.54 Å². The summed E-state index contributed by atoms with van der Waals surface area (Å²) in [7, 11) is 0. The number of aliphatic hydroxyl groups excluding tert-OH is 2. The zero-order chi connectivity index (χ0) is 12.2. The highest BCUT2D eigenvalue weighted by atomic mass is 16.3. The second-order valence-corrected chi connectivity index (χ2v) is 4.94. The zero-order valence-electron chi connectivity index (χ0n) is 10.2. The standard InChI is InChI=1S/C13H21NO2/c1-10(16)11-6-4-5-7-12(11)14-8-13(2,3)9-15/h4-7,10,14-16H,8-9H2,1-3H3. The summed E-state index contributed by atoms with van der Waals surface area (Å²) in [6.45, 7) is 6.54. The van der Waals surface area contributed by atoms with Crippen LogP contribution in [0, 0.1) is 5.41 Å². The molecule has 0 spiro atoms. The molecular formula is C13H21NO2. The topological polar surface area (TPSA) is 52.5 Å². The fourth-order valence-electron chi connectivity index (χ4n) is 1.41. The highest BCUT2D eigenvalue weighted by molar-refractivity contribution is 5.52. The third kappa shape index (κ3) is 3.51. The normalized spacial score (nSPS) is 13.6. The maximum absolute atomic E-state index is 9.60. The first-order chi connectivity index (χ1) is 7.46. The summed E-state index contributed by atoms with van der Waals surface area (Å²) in [5.74, 6) is 0. The molecule has 0 aliphatic heterocycles. The average Bonchev–Trinajstić information content (AvgIpc) is 2.27. The third-order valence-electron chi connectivity index (χ3n) is 2.60. The quantitative estimate of drug-likeness (QED) is 0.717. The first-order valence-electron chi connectivity index (χ1n) is 5.58. The fourth-order valence-corrected chi connectivity index (χ4v) is 1.41. The van der Waals surface area contributed by atoms with Gasteiger partial charge in [0.25, 0.3) is 0 Å². The monoisotopic (exact) mass is 223 g/mol. The molecule has 0 fully saturated rings. The summed E-state index contributed by atoms with van der Waals surface area (Å²) >= 11 is 0. The van der Waals surface area contributed by atoms with Gasteiger partial charge in [-0.3, -0.25) is 0 Å². The molecule has 0 aliphatic rings. The number of nitrogens with one attached hydrogen (secondary N) is 1. The molecule has 0 radical (unpaired) electrons. The molecular weight excluding hydrogens is 202 g/mol. The Morgan fingerprint density at radius 2 is 1.94 bits per heavy atom. The minimum Gasteiger partial charge on any atom is -0.396 e. The van der Waals surface area contributed by atoms with Crippen molar-refractivity contribution in [1.82, 2.24) is 0 Å². The van der Waals surface area contributed by atoms with Crippen molar-refractivity contribution in [2.45, 2.75) is 26.9 Å². The molecule has 0 aromatic heterocycles. The molecule has 0 bridgehead atoms. The summed E-state index contributed by atoms with van der Waals surface area (Å²) in [6, 6.07) is 7.68. The van der Waals surface area contributed by atoms with Crippen molar-refractivity contribution in [3.8, 4) is 0 Å². The summed E-state index contributed by atoms with van der Waals surface area (Å²) in [5.41, 5.74) is 1.65. The molecule has 3 N–H and O–H groups in total. The van der Waals surface area contributed by atoms with E-state index in [9.17, 15) is 5.11 Å². The predicted octanol–water partition coefficient (Wildman–Crippen LogP) is 2.17. The van der Waals surface area contributed by atoms with Crippen LogP contribution in [-0.4, -0.2) is 23.4 Å². The van der Waals surface area contributed by atoms with Crippen LogP contribution >= 0.6 is 0 Å². The molecule has 0 heterocycles. The Balaban J connectivity index is 2.74. The minimum atomic E-state index is -0.485. The SMILES string of the molecule is CC(O)c1ccccc1NCC(C)(C)CO. The van der Waals surface area contributed by atoms with Gasteiger partial charge in [-0.2, -0.15) is 0 Å². The number of rotatable bonds is 5. The largest absolute Gasteiger partial charge is 0.396 e. The molecule has 1 aromatic carbocycles. The van der Waals surface area contributed by atoms with Crippen molar-refractivity contribution in [2.75, 3.05) is 18.5 Å². The molecule has 0 saturated heterocycles. The number of anilines is 1. The van der Waals surface area contributed by atoms with Gasteiger partial charge >= 0.3 is 0 Å². The molecule has 1 atom stereocenters. The van der Waals surface area contributed by atoms with Gasteiger partial charge in [0.2, 0.25) is 0 Å². The Kier molecular flexibility index (Phi) is 4.33. The summed E-state index contributed by atoms with van der Waals surface area (Å²) in [4.78, 5) is 0. The average molecular weight is 223 g/mol. The van der Waals surface area contributed by atoms with Crippen molar-refractivity contribution in [3.05, 3.63) is 29.8 Å². The number of benzene rings is 1. The Bertz CT molecular complexity index is 334. The molecule has 90 valence electrons. The molecule has 3 nitrogen and oxygen atoms in total. The van der Waals surface area contributed by atoms with Crippen LogP contribution in [0.3, 0.4) is 0 Å². The van der Waals surface area contributed by atoms with Gasteiger partial charge in [-0.05, 0) is 13.0 Å². The molecule has 1 rings (SSSR count). The van der Waals surface area contributed by atoms with Crippen molar-refractivity contribution < 1.29 is 10.2 Å². The van der Waals surface area contributed by atoms with Gasteiger partial charge in [0.1, 0.15) is 0 Å². The summed E-state index contributed by atoms with van der Waals surface area (Å²) in [5, 5.41) is 22.0.